The fourth-order valence-corrected chi connectivity index (χ4v) is 2.01. The first-order chi connectivity index (χ1) is 9.83. The van der Waals surface area contributed by atoms with E-state index in [0.29, 0.717) is 6.61 Å². The summed E-state index contributed by atoms with van der Waals surface area (Å²) >= 11 is 3.36. The molecule has 0 aliphatic rings. The smallest absolute Gasteiger partial charge is 0.161 e. The molecule has 0 heterocycles. The summed E-state index contributed by atoms with van der Waals surface area (Å²) in [6.45, 7) is 0.536. The van der Waals surface area contributed by atoms with Gasteiger partial charge in [0.15, 0.2) is 11.5 Å². The van der Waals surface area contributed by atoms with Gasteiger partial charge in [-0.2, -0.15) is 0 Å². The highest BCUT2D eigenvalue weighted by molar-refractivity contribution is 9.09. The van der Waals surface area contributed by atoms with Gasteiger partial charge in [0.2, 0.25) is 0 Å². The molecule has 0 bridgehead atoms. The minimum Gasteiger partial charge on any atom is -0.493 e. The summed E-state index contributed by atoms with van der Waals surface area (Å²) in [5.41, 5.74) is 2.23. The van der Waals surface area contributed by atoms with E-state index >= 15 is 0 Å². The summed E-state index contributed by atoms with van der Waals surface area (Å²) in [6.07, 6.45) is 4.08. The zero-order chi connectivity index (χ0) is 14.2. The van der Waals surface area contributed by atoms with Crippen molar-refractivity contribution in [2.45, 2.75) is 6.61 Å². The summed E-state index contributed by atoms with van der Waals surface area (Å²) in [5.74, 6) is 1.50. The van der Waals surface area contributed by atoms with E-state index < -0.39 is 0 Å². The number of allylic oxidation sites excluding steroid dienone is 1. The van der Waals surface area contributed by atoms with E-state index in [4.69, 9.17) is 9.47 Å². The van der Waals surface area contributed by atoms with Crippen LogP contribution in [0.1, 0.15) is 11.1 Å². The van der Waals surface area contributed by atoms with Crippen molar-refractivity contribution in [3.05, 3.63) is 65.7 Å². The predicted molar refractivity (Wildman–Crippen MR) is 86.6 cm³/mol. The second-order valence-electron chi connectivity index (χ2n) is 4.24. The van der Waals surface area contributed by atoms with Crippen LogP contribution in [0.15, 0.2) is 54.6 Å². The Morgan fingerprint density at radius 2 is 1.85 bits per heavy atom. The monoisotopic (exact) mass is 332 g/mol. The van der Waals surface area contributed by atoms with E-state index in [9.17, 15) is 0 Å². The minimum absolute atomic E-state index is 0.536. The van der Waals surface area contributed by atoms with E-state index in [1.165, 1.54) is 0 Å². The van der Waals surface area contributed by atoms with Crippen LogP contribution in [0.25, 0.3) is 6.08 Å². The van der Waals surface area contributed by atoms with Crippen LogP contribution in [0, 0.1) is 0 Å². The standard InChI is InChI=1S/C17H17BrO2/c1-19-17-12-14(8-5-11-18)9-10-16(17)20-13-15-6-3-2-4-7-15/h2-10,12H,11,13H2,1H3. The highest BCUT2D eigenvalue weighted by Crippen LogP contribution is 2.29. The average molecular weight is 333 g/mol. The van der Waals surface area contributed by atoms with Crippen molar-refractivity contribution in [3.8, 4) is 11.5 Å². The molecular weight excluding hydrogens is 316 g/mol. The molecule has 2 aromatic carbocycles. The van der Waals surface area contributed by atoms with Crippen LogP contribution in [0.5, 0.6) is 11.5 Å². The van der Waals surface area contributed by atoms with E-state index in [0.717, 1.165) is 28.0 Å². The number of alkyl halides is 1. The largest absolute Gasteiger partial charge is 0.493 e. The summed E-state index contributed by atoms with van der Waals surface area (Å²) < 4.78 is 11.2. The van der Waals surface area contributed by atoms with Gasteiger partial charge < -0.3 is 9.47 Å². The molecule has 2 aromatic rings. The SMILES string of the molecule is COc1cc(C=CCBr)ccc1OCc1ccccc1. The Hall–Kier alpha value is -1.74. The number of benzene rings is 2. The van der Waals surface area contributed by atoms with E-state index in [2.05, 4.69) is 15.9 Å². The molecule has 0 amide bonds. The van der Waals surface area contributed by atoms with Gasteiger partial charge in [0.1, 0.15) is 6.61 Å². The van der Waals surface area contributed by atoms with Crippen molar-refractivity contribution in [1.29, 1.82) is 0 Å². The molecule has 20 heavy (non-hydrogen) atoms. The van der Waals surface area contributed by atoms with Crippen molar-refractivity contribution in [2.24, 2.45) is 0 Å². The van der Waals surface area contributed by atoms with Gasteiger partial charge in [0.25, 0.3) is 0 Å². The molecule has 2 nitrogen and oxygen atoms in total. The zero-order valence-corrected chi connectivity index (χ0v) is 13.0. The molecule has 2 rings (SSSR count). The number of hydrogen-bond donors (Lipinski definition) is 0. The Morgan fingerprint density at radius 3 is 2.55 bits per heavy atom. The fourth-order valence-electron chi connectivity index (χ4n) is 1.82. The van der Waals surface area contributed by atoms with E-state index in [1.54, 1.807) is 7.11 Å². The first-order valence-corrected chi connectivity index (χ1v) is 7.53. The maximum atomic E-state index is 5.82. The summed E-state index contributed by atoms with van der Waals surface area (Å²) in [7, 11) is 1.66. The number of hydrogen-bond acceptors (Lipinski definition) is 2. The number of methoxy groups -OCH3 is 1. The minimum atomic E-state index is 0.536. The molecule has 0 atom stereocenters. The molecule has 104 valence electrons. The molecule has 0 radical (unpaired) electrons. The number of rotatable bonds is 6. The first-order valence-electron chi connectivity index (χ1n) is 6.40. The molecule has 3 heteroatoms. The summed E-state index contributed by atoms with van der Waals surface area (Å²) in [5, 5.41) is 0.835. The van der Waals surface area contributed by atoms with Crippen LogP contribution < -0.4 is 9.47 Å². The average Bonchev–Trinajstić information content (AvgIpc) is 2.52. The van der Waals surface area contributed by atoms with Crippen molar-refractivity contribution in [1.82, 2.24) is 0 Å². The maximum absolute atomic E-state index is 5.82. The number of halogens is 1. The Bertz CT molecular complexity index is 564. The lowest BCUT2D eigenvalue weighted by Crippen LogP contribution is -1.97. The van der Waals surface area contributed by atoms with Crippen molar-refractivity contribution >= 4 is 22.0 Å². The van der Waals surface area contributed by atoms with E-state index in [-0.39, 0.29) is 0 Å². The van der Waals surface area contributed by atoms with Crippen LogP contribution in [0.4, 0.5) is 0 Å². The lowest BCUT2D eigenvalue weighted by atomic mass is 10.2. The normalized spacial score (nSPS) is 10.7. The number of ether oxygens (including phenoxy) is 2. The molecule has 0 aliphatic carbocycles. The lowest BCUT2D eigenvalue weighted by molar-refractivity contribution is 0.284. The van der Waals surface area contributed by atoms with Gasteiger partial charge in [-0.15, -0.1) is 0 Å². The fraction of sp³-hybridized carbons (Fsp3) is 0.176. The summed E-state index contributed by atoms with van der Waals surface area (Å²) in [4.78, 5) is 0. The topological polar surface area (TPSA) is 18.5 Å². The van der Waals surface area contributed by atoms with E-state index in [1.807, 2.05) is 60.7 Å². The Balaban J connectivity index is 2.09. The molecule has 0 N–H and O–H groups in total. The van der Waals surface area contributed by atoms with Gasteiger partial charge >= 0.3 is 0 Å². The molecule has 0 fully saturated rings. The zero-order valence-electron chi connectivity index (χ0n) is 11.4. The van der Waals surface area contributed by atoms with Crippen molar-refractivity contribution in [3.63, 3.8) is 0 Å². The highest BCUT2D eigenvalue weighted by Gasteiger charge is 2.05. The quantitative estimate of drug-likeness (QED) is 0.715. The van der Waals surface area contributed by atoms with Gasteiger partial charge in [0.05, 0.1) is 7.11 Å². The third-order valence-electron chi connectivity index (χ3n) is 2.82. The third-order valence-corrected chi connectivity index (χ3v) is 3.20. The third kappa shape index (κ3) is 4.14. The van der Waals surface area contributed by atoms with Crippen molar-refractivity contribution < 1.29 is 9.47 Å². The molecule has 0 saturated carbocycles. The van der Waals surface area contributed by atoms with Gasteiger partial charge in [0, 0.05) is 5.33 Å². The Morgan fingerprint density at radius 1 is 1.05 bits per heavy atom. The van der Waals surface area contributed by atoms with Crippen LogP contribution in [0.3, 0.4) is 0 Å². The first kappa shape index (κ1) is 14.7. The van der Waals surface area contributed by atoms with Crippen LogP contribution in [-0.2, 0) is 6.61 Å². The predicted octanol–water partition coefficient (Wildman–Crippen LogP) is 4.68. The molecule has 0 aromatic heterocycles. The van der Waals surface area contributed by atoms with Crippen LogP contribution in [0.2, 0.25) is 0 Å². The molecule has 0 aliphatic heterocycles. The second kappa shape index (κ2) is 7.75. The maximum Gasteiger partial charge on any atom is 0.161 e. The highest BCUT2D eigenvalue weighted by atomic mass is 79.9. The van der Waals surface area contributed by atoms with Gasteiger partial charge in [-0.05, 0) is 23.3 Å². The molecule has 0 unspecified atom stereocenters. The molecular formula is C17H17BrO2. The van der Waals surface area contributed by atoms with Crippen LogP contribution in [-0.4, -0.2) is 12.4 Å². The van der Waals surface area contributed by atoms with Gasteiger partial charge in [-0.1, -0.05) is 64.5 Å². The Kier molecular flexibility index (Phi) is 5.69. The molecule has 0 spiro atoms. The molecule has 0 saturated heterocycles. The second-order valence-corrected chi connectivity index (χ2v) is 4.89. The summed E-state index contributed by atoms with van der Waals surface area (Å²) in [6, 6.07) is 16.0. The van der Waals surface area contributed by atoms with Crippen molar-refractivity contribution in [2.75, 3.05) is 12.4 Å². The lowest BCUT2D eigenvalue weighted by Gasteiger charge is -2.11. The Labute approximate surface area is 128 Å². The van der Waals surface area contributed by atoms with Crippen LogP contribution >= 0.6 is 15.9 Å². The van der Waals surface area contributed by atoms with Gasteiger partial charge in [-0.3, -0.25) is 0 Å². The van der Waals surface area contributed by atoms with Gasteiger partial charge in [-0.25, -0.2) is 0 Å².